The first-order valence-electron chi connectivity index (χ1n) is 8.55. The van der Waals surface area contributed by atoms with Crippen LogP contribution in [0.5, 0.6) is 0 Å². The number of hydrogen-bond donors (Lipinski definition) is 1. The van der Waals surface area contributed by atoms with Crippen molar-refractivity contribution in [2.75, 3.05) is 18.4 Å². The molecule has 0 saturated carbocycles. The van der Waals surface area contributed by atoms with Crippen LogP contribution in [0.25, 0.3) is 0 Å². The Morgan fingerprint density at radius 1 is 1.16 bits per heavy atom. The summed E-state index contributed by atoms with van der Waals surface area (Å²) >= 11 is 12.3. The van der Waals surface area contributed by atoms with Gasteiger partial charge in [0.1, 0.15) is 0 Å². The molecule has 5 heteroatoms. The highest BCUT2D eigenvalue weighted by Gasteiger charge is 2.25. The van der Waals surface area contributed by atoms with Crippen molar-refractivity contribution in [3.63, 3.8) is 0 Å². The molecule has 1 heterocycles. The van der Waals surface area contributed by atoms with Crippen molar-refractivity contribution in [2.24, 2.45) is 5.92 Å². The Kier molecular flexibility index (Phi) is 6.00. The molecule has 0 aliphatic carbocycles. The molecule has 0 spiro atoms. The molecule has 25 heavy (non-hydrogen) atoms. The summed E-state index contributed by atoms with van der Waals surface area (Å²) < 4.78 is 0. The zero-order valence-corrected chi connectivity index (χ0v) is 15.8. The summed E-state index contributed by atoms with van der Waals surface area (Å²) in [6.07, 6.45) is 1.71. The number of rotatable bonds is 4. The van der Waals surface area contributed by atoms with Crippen molar-refractivity contribution in [1.82, 2.24) is 4.90 Å². The molecule has 0 radical (unpaired) electrons. The fourth-order valence-corrected chi connectivity index (χ4v) is 3.55. The average molecular weight is 377 g/mol. The molecule has 0 atom stereocenters. The number of carbonyl (C=O) groups excluding carboxylic acids is 1. The van der Waals surface area contributed by atoms with E-state index in [0.717, 1.165) is 54.3 Å². The van der Waals surface area contributed by atoms with E-state index >= 15 is 0 Å². The van der Waals surface area contributed by atoms with Crippen LogP contribution in [0.4, 0.5) is 5.69 Å². The predicted molar refractivity (Wildman–Crippen MR) is 104 cm³/mol. The van der Waals surface area contributed by atoms with Crippen LogP contribution in [0.1, 0.15) is 24.0 Å². The van der Waals surface area contributed by atoms with Crippen LogP contribution in [-0.2, 0) is 11.3 Å². The second kappa shape index (κ2) is 8.22. The molecule has 1 amide bonds. The summed E-state index contributed by atoms with van der Waals surface area (Å²) in [5, 5.41) is 4.47. The van der Waals surface area contributed by atoms with Gasteiger partial charge in [-0.1, -0.05) is 47.5 Å². The Balaban J connectivity index is 1.54. The first kappa shape index (κ1) is 18.2. The second-order valence-electron chi connectivity index (χ2n) is 6.59. The topological polar surface area (TPSA) is 32.3 Å². The quantitative estimate of drug-likeness (QED) is 0.799. The van der Waals surface area contributed by atoms with E-state index in [9.17, 15) is 4.79 Å². The molecule has 0 unspecified atom stereocenters. The molecule has 2 aromatic rings. The molecule has 2 aromatic carbocycles. The molecular weight excluding hydrogens is 355 g/mol. The number of aryl methyl sites for hydroxylation is 1. The number of nitrogens with one attached hydrogen (secondary N) is 1. The summed E-state index contributed by atoms with van der Waals surface area (Å²) in [6.45, 7) is 4.61. The number of anilines is 1. The van der Waals surface area contributed by atoms with Crippen molar-refractivity contribution >= 4 is 34.8 Å². The van der Waals surface area contributed by atoms with Gasteiger partial charge in [0.05, 0.1) is 0 Å². The maximum atomic E-state index is 12.6. The van der Waals surface area contributed by atoms with E-state index in [1.807, 2.05) is 37.3 Å². The molecule has 1 fully saturated rings. The van der Waals surface area contributed by atoms with E-state index in [2.05, 4.69) is 16.3 Å². The number of nitrogens with zero attached hydrogens (tertiary/aromatic N) is 1. The Morgan fingerprint density at radius 2 is 1.88 bits per heavy atom. The van der Waals surface area contributed by atoms with E-state index in [1.54, 1.807) is 6.07 Å². The lowest BCUT2D eigenvalue weighted by atomic mass is 9.95. The zero-order chi connectivity index (χ0) is 17.8. The van der Waals surface area contributed by atoms with Crippen LogP contribution >= 0.6 is 23.2 Å². The number of piperidine rings is 1. The highest BCUT2D eigenvalue weighted by atomic mass is 35.5. The molecule has 1 N–H and O–H groups in total. The van der Waals surface area contributed by atoms with Crippen LogP contribution in [-0.4, -0.2) is 23.9 Å². The molecule has 1 aliphatic rings. The Morgan fingerprint density at radius 3 is 2.60 bits per heavy atom. The van der Waals surface area contributed by atoms with E-state index in [4.69, 9.17) is 23.2 Å². The first-order chi connectivity index (χ1) is 12.0. The predicted octanol–water partition coefficient (Wildman–Crippen LogP) is 5.15. The number of amides is 1. The maximum Gasteiger partial charge on any atom is 0.227 e. The van der Waals surface area contributed by atoms with Crippen molar-refractivity contribution in [2.45, 2.75) is 26.3 Å². The van der Waals surface area contributed by atoms with Gasteiger partial charge in [-0.05, 0) is 62.2 Å². The lowest BCUT2D eigenvalue weighted by molar-refractivity contribution is -0.121. The Hall–Kier alpha value is -1.55. The second-order valence-corrected chi connectivity index (χ2v) is 7.43. The van der Waals surface area contributed by atoms with Crippen LogP contribution < -0.4 is 5.32 Å². The number of carbonyl (C=O) groups is 1. The minimum Gasteiger partial charge on any atom is -0.326 e. The van der Waals surface area contributed by atoms with E-state index in [0.29, 0.717) is 5.02 Å². The zero-order valence-electron chi connectivity index (χ0n) is 14.3. The number of benzene rings is 2. The molecule has 3 rings (SSSR count). The van der Waals surface area contributed by atoms with Gasteiger partial charge in [0.25, 0.3) is 0 Å². The Bertz CT molecular complexity index is 755. The van der Waals surface area contributed by atoms with E-state index in [-0.39, 0.29) is 11.8 Å². The molecule has 132 valence electrons. The SMILES string of the molecule is Cc1ccc(Cl)cc1NC(=O)C1CCN(Cc2ccccc2Cl)CC1. The number of halogens is 2. The molecule has 1 aliphatic heterocycles. The molecule has 0 aromatic heterocycles. The molecular formula is C20H22Cl2N2O. The third kappa shape index (κ3) is 4.75. The smallest absolute Gasteiger partial charge is 0.227 e. The minimum absolute atomic E-state index is 0.0425. The fourth-order valence-electron chi connectivity index (χ4n) is 3.18. The van der Waals surface area contributed by atoms with Crippen LogP contribution in [0.2, 0.25) is 10.0 Å². The van der Waals surface area contributed by atoms with Crippen LogP contribution in [0.15, 0.2) is 42.5 Å². The molecule has 1 saturated heterocycles. The van der Waals surface area contributed by atoms with Crippen LogP contribution in [0.3, 0.4) is 0 Å². The van der Waals surface area contributed by atoms with Crippen molar-refractivity contribution in [1.29, 1.82) is 0 Å². The van der Waals surface area contributed by atoms with Gasteiger partial charge in [0.15, 0.2) is 0 Å². The lowest BCUT2D eigenvalue weighted by Gasteiger charge is -2.31. The average Bonchev–Trinajstić information content (AvgIpc) is 2.61. The summed E-state index contributed by atoms with van der Waals surface area (Å²) in [4.78, 5) is 14.9. The first-order valence-corrected chi connectivity index (χ1v) is 9.31. The lowest BCUT2D eigenvalue weighted by Crippen LogP contribution is -2.37. The summed E-state index contributed by atoms with van der Waals surface area (Å²) in [5.74, 6) is 0.128. The minimum atomic E-state index is 0.0425. The van der Waals surface area contributed by atoms with Gasteiger partial charge in [-0.15, -0.1) is 0 Å². The van der Waals surface area contributed by atoms with Crippen LogP contribution in [0, 0.1) is 12.8 Å². The third-order valence-corrected chi connectivity index (χ3v) is 5.37. The summed E-state index contributed by atoms with van der Waals surface area (Å²) in [7, 11) is 0. The fraction of sp³-hybridized carbons (Fsp3) is 0.350. The van der Waals surface area contributed by atoms with E-state index in [1.165, 1.54) is 0 Å². The third-order valence-electron chi connectivity index (χ3n) is 4.77. The Labute approximate surface area is 158 Å². The maximum absolute atomic E-state index is 12.6. The van der Waals surface area contributed by atoms with Crippen molar-refractivity contribution in [3.05, 3.63) is 63.6 Å². The van der Waals surface area contributed by atoms with Gasteiger partial charge in [-0.2, -0.15) is 0 Å². The largest absolute Gasteiger partial charge is 0.326 e. The van der Waals surface area contributed by atoms with Gasteiger partial charge in [0.2, 0.25) is 5.91 Å². The monoisotopic (exact) mass is 376 g/mol. The summed E-state index contributed by atoms with van der Waals surface area (Å²) in [6, 6.07) is 13.5. The molecule has 3 nitrogen and oxygen atoms in total. The highest BCUT2D eigenvalue weighted by molar-refractivity contribution is 6.31. The van der Waals surface area contributed by atoms with Gasteiger partial charge < -0.3 is 5.32 Å². The van der Waals surface area contributed by atoms with Gasteiger partial charge in [-0.25, -0.2) is 0 Å². The number of likely N-dealkylation sites (tertiary alicyclic amines) is 1. The standard InChI is InChI=1S/C20H22Cl2N2O/c1-14-6-7-17(21)12-19(14)23-20(25)15-8-10-24(11-9-15)13-16-4-2-3-5-18(16)22/h2-7,12,15H,8-11,13H2,1H3,(H,23,25). The molecule has 0 bridgehead atoms. The number of hydrogen-bond acceptors (Lipinski definition) is 2. The van der Waals surface area contributed by atoms with Crippen molar-refractivity contribution < 1.29 is 4.79 Å². The normalized spacial score (nSPS) is 16.0. The highest BCUT2D eigenvalue weighted by Crippen LogP contribution is 2.25. The summed E-state index contributed by atoms with van der Waals surface area (Å²) in [5.41, 5.74) is 2.96. The van der Waals surface area contributed by atoms with E-state index < -0.39 is 0 Å². The van der Waals surface area contributed by atoms with Crippen molar-refractivity contribution in [3.8, 4) is 0 Å². The van der Waals surface area contributed by atoms with Gasteiger partial charge in [0, 0.05) is 28.2 Å². The van der Waals surface area contributed by atoms with Gasteiger partial charge in [-0.3, -0.25) is 9.69 Å². The van der Waals surface area contributed by atoms with Gasteiger partial charge >= 0.3 is 0 Å².